The van der Waals surface area contributed by atoms with Crippen LogP contribution >= 0.6 is 11.3 Å². The van der Waals surface area contributed by atoms with Gasteiger partial charge in [0.15, 0.2) is 5.13 Å². The molecule has 4 nitrogen and oxygen atoms in total. The monoisotopic (exact) mass is 237 g/mol. The molecule has 1 aromatic heterocycles. The minimum atomic E-state index is -0.605. The Bertz CT molecular complexity index is 413. The maximum Gasteiger partial charge on any atom is 0.246 e. The molecule has 0 saturated heterocycles. The van der Waals surface area contributed by atoms with Crippen LogP contribution in [0.4, 0.5) is 5.13 Å². The standard InChI is InChI=1S/C11H15N3OS/c12-11(5-6-11)9(15)14-10-13-7-3-1-2-4-8(7)16-10/h1-6,12H2,(H,13,14,15). The largest absolute Gasteiger partial charge is 0.317 e. The van der Waals surface area contributed by atoms with E-state index in [2.05, 4.69) is 10.3 Å². The Morgan fingerprint density at radius 1 is 1.38 bits per heavy atom. The van der Waals surface area contributed by atoms with Crippen molar-refractivity contribution < 1.29 is 4.79 Å². The molecule has 0 bridgehead atoms. The third-order valence-corrected chi connectivity index (χ3v) is 4.38. The molecule has 3 rings (SSSR count). The third kappa shape index (κ3) is 1.74. The number of carbonyl (C=O) groups excluding carboxylic acids is 1. The lowest BCUT2D eigenvalue weighted by atomic mass is 10.0. The highest BCUT2D eigenvalue weighted by Crippen LogP contribution is 2.35. The van der Waals surface area contributed by atoms with Crippen LogP contribution in [0.5, 0.6) is 0 Å². The summed E-state index contributed by atoms with van der Waals surface area (Å²) in [5.74, 6) is -0.0707. The SMILES string of the molecule is NC1(C(=O)Nc2nc3c(s2)CCCC3)CC1. The van der Waals surface area contributed by atoms with Crippen molar-refractivity contribution in [3.63, 3.8) is 0 Å². The second-order valence-electron chi connectivity index (χ2n) is 4.71. The van der Waals surface area contributed by atoms with Crippen LogP contribution in [0.3, 0.4) is 0 Å². The lowest BCUT2D eigenvalue weighted by molar-refractivity contribution is -0.118. The summed E-state index contributed by atoms with van der Waals surface area (Å²) in [5, 5.41) is 3.58. The summed E-state index contributed by atoms with van der Waals surface area (Å²) < 4.78 is 0. The van der Waals surface area contributed by atoms with E-state index in [0.717, 1.165) is 30.8 Å². The highest BCUT2D eigenvalue weighted by Gasteiger charge is 2.46. The topological polar surface area (TPSA) is 68.0 Å². The molecule has 0 aliphatic heterocycles. The lowest BCUT2D eigenvalue weighted by Gasteiger charge is -2.06. The molecular weight excluding hydrogens is 222 g/mol. The second-order valence-corrected chi connectivity index (χ2v) is 5.79. The molecule has 1 amide bonds. The molecule has 0 spiro atoms. The first kappa shape index (κ1) is 10.2. The molecule has 0 unspecified atom stereocenters. The van der Waals surface area contributed by atoms with Gasteiger partial charge >= 0.3 is 0 Å². The zero-order valence-corrected chi connectivity index (χ0v) is 9.90. The number of nitrogens with one attached hydrogen (secondary N) is 1. The van der Waals surface area contributed by atoms with Crippen molar-refractivity contribution in [3.8, 4) is 0 Å². The first-order chi connectivity index (χ1) is 7.67. The van der Waals surface area contributed by atoms with Gasteiger partial charge < -0.3 is 11.1 Å². The maximum absolute atomic E-state index is 11.7. The number of hydrogen-bond acceptors (Lipinski definition) is 4. The summed E-state index contributed by atoms with van der Waals surface area (Å²) in [6.07, 6.45) is 6.20. The van der Waals surface area contributed by atoms with Gasteiger partial charge in [0.2, 0.25) is 5.91 Å². The van der Waals surface area contributed by atoms with E-state index in [1.807, 2.05) is 0 Å². The van der Waals surface area contributed by atoms with Gasteiger partial charge in [-0.1, -0.05) is 0 Å². The van der Waals surface area contributed by atoms with Crippen molar-refractivity contribution in [1.29, 1.82) is 0 Å². The Hall–Kier alpha value is -0.940. The molecule has 3 N–H and O–H groups in total. The Balaban J connectivity index is 1.75. The molecule has 16 heavy (non-hydrogen) atoms. The van der Waals surface area contributed by atoms with E-state index >= 15 is 0 Å². The average Bonchev–Trinajstić information content (AvgIpc) is 2.90. The minimum Gasteiger partial charge on any atom is -0.317 e. The Morgan fingerprint density at radius 3 is 2.81 bits per heavy atom. The van der Waals surface area contributed by atoms with Gasteiger partial charge in [0.25, 0.3) is 0 Å². The normalized spacial score (nSPS) is 21.3. The van der Waals surface area contributed by atoms with Crippen LogP contribution in [0.25, 0.3) is 0 Å². The second kappa shape index (κ2) is 3.53. The molecule has 86 valence electrons. The highest BCUT2D eigenvalue weighted by molar-refractivity contribution is 7.15. The Morgan fingerprint density at radius 2 is 2.12 bits per heavy atom. The van der Waals surface area contributed by atoms with Gasteiger partial charge in [-0.3, -0.25) is 4.79 Å². The number of anilines is 1. The maximum atomic E-state index is 11.7. The molecular formula is C11H15N3OS. The van der Waals surface area contributed by atoms with Crippen LogP contribution in [-0.4, -0.2) is 16.4 Å². The van der Waals surface area contributed by atoms with Gasteiger partial charge in [-0.15, -0.1) is 11.3 Å². The van der Waals surface area contributed by atoms with E-state index in [9.17, 15) is 4.79 Å². The molecule has 2 aliphatic rings. The fraction of sp³-hybridized carbons (Fsp3) is 0.636. The number of thiazole rings is 1. The summed E-state index contributed by atoms with van der Waals surface area (Å²) in [7, 11) is 0. The smallest absolute Gasteiger partial charge is 0.246 e. The van der Waals surface area contributed by atoms with E-state index in [1.165, 1.54) is 23.4 Å². The zero-order chi connectivity index (χ0) is 11.2. The number of aromatic nitrogens is 1. The summed E-state index contributed by atoms with van der Waals surface area (Å²) in [6, 6.07) is 0. The van der Waals surface area contributed by atoms with Crippen molar-refractivity contribution in [1.82, 2.24) is 4.98 Å². The van der Waals surface area contributed by atoms with Crippen molar-refractivity contribution in [3.05, 3.63) is 10.6 Å². The van der Waals surface area contributed by atoms with Crippen LogP contribution in [0, 0.1) is 0 Å². The van der Waals surface area contributed by atoms with Crippen molar-refractivity contribution in [2.45, 2.75) is 44.1 Å². The van der Waals surface area contributed by atoms with E-state index in [0.29, 0.717) is 0 Å². The van der Waals surface area contributed by atoms with Gasteiger partial charge in [-0.2, -0.15) is 0 Å². The zero-order valence-electron chi connectivity index (χ0n) is 9.08. The number of aryl methyl sites for hydroxylation is 2. The quantitative estimate of drug-likeness (QED) is 0.818. The van der Waals surface area contributed by atoms with Crippen molar-refractivity contribution >= 4 is 22.4 Å². The van der Waals surface area contributed by atoms with Gasteiger partial charge in [0.05, 0.1) is 11.2 Å². The van der Waals surface area contributed by atoms with Gasteiger partial charge in [0, 0.05) is 4.88 Å². The number of carbonyl (C=O) groups is 1. The summed E-state index contributed by atoms with van der Waals surface area (Å²) in [5.41, 5.74) is 6.39. The van der Waals surface area contributed by atoms with E-state index in [-0.39, 0.29) is 5.91 Å². The van der Waals surface area contributed by atoms with Crippen molar-refractivity contribution in [2.75, 3.05) is 5.32 Å². The van der Waals surface area contributed by atoms with E-state index in [4.69, 9.17) is 5.73 Å². The lowest BCUT2D eigenvalue weighted by Crippen LogP contribution is -2.37. The van der Waals surface area contributed by atoms with E-state index < -0.39 is 5.54 Å². The molecule has 1 saturated carbocycles. The predicted octanol–water partition coefficient (Wildman–Crippen LogP) is 1.45. The first-order valence-electron chi connectivity index (χ1n) is 5.76. The number of fused-ring (bicyclic) bond motifs is 1. The number of hydrogen-bond donors (Lipinski definition) is 2. The number of nitrogens with zero attached hydrogens (tertiary/aromatic N) is 1. The minimum absolute atomic E-state index is 0.0707. The molecule has 0 atom stereocenters. The van der Waals surface area contributed by atoms with Crippen LogP contribution in [-0.2, 0) is 17.6 Å². The first-order valence-corrected chi connectivity index (χ1v) is 6.58. The van der Waals surface area contributed by atoms with E-state index in [1.54, 1.807) is 11.3 Å². The van der Waals surface area contributed by atoms with Crippen LogP contribution < -0.4 is 11.1 Å². The summed E-state index contributed by atoms with van der Waals surface area (Å²) in [4.78, 5) is 17.5. The summed E-state index contributed by atoms with van der Waals surface area (Å²) in [6.45, 7) is 0. The van der Waals surface area contributed by atoms with Crippen LogP contribution in [0.2, 0.25) is 0 Å². The summed E-state index contributed by atoms with van der Waals surface area (Å²) >= 11 is 1.61. The Labute approximate surface area is 98.3 Å². The molecule has 5 heteroatoms. The molecule has 0 aromatic carbocycles. The molecule has 2 aliphatic carbocycles. The average molecular weight is 237 g/mol. The van der Waals surface area contributed by atoms with Crippen molar-refractivity contribution in [2.24, 2.45) is 5.73 Å². The number of amides is 1. The Kier molecular flexibility index (Phi) is 2.26. The number of nitrogens with two attached hydrogens (primary N) is 1. The molecule has 1 fully saturated rings. The number of rotatable bonds is 2. The van der Waals surface area contributed by atoms with Gasteiger partial charge in [0.1, 0.15) is 0 Å². The van der Waals surface area contributed by atoms with Gasteiger partial charge in [-0.05, 0) is 38.5 Å². The molecule has 0 radical (unpaired) electrons. The fourth-order valence-electron chi connectivity index (χ4n) is 1.99. The molecule has 1 aromatic rings. The third-order valence-electron chi connectivity index (χ3n) is 3.31. The fourth-order valence-corrected chi connectivity index (χ4v) is 3.03. The predicted molar refractivity (Wildman–Crippen MR) is 63.5 cm³/mol. The highest BCUT2D eigenvalue weighted by atomic mass is 32.1. The van der Waals surface area contributed by atoms with Crippen LogP contribution in [0.15, 0.2) is 0 Å². The molecule has 1 heterocycles. The van der Waals surface area contributed by atoms with Gasteiger partial charge in [-0.25, -0.2) is 4.98 Å². The van der Waals surface area contributed by atoms with Crippen LogP contribution in [0.1, 0.15) is 36.3 Å².